The fourth-order valence-electron chi connectivity index (χ4n) is 4.32. The molecule has 1 aromatic carbocycles. The van der Waals surface area contributed by atoms with Gasteiger partial charge in [-0.3, -0.25) is 9.69 Å². The molecule has 0 bridgehead atoms. The van der Waals surface area contributed by atoms with Crippen molar-refractivity contribution in [3.05, 3.63) is 35.2 Å². The molecule has 1 saturated carbocycles. The first kappa shape index (κ1) is 18.3. The largest absolute Gasteiger partial charge is 0.391 e. The van der Waals surface area contributed by atoms with Crippen LogP contribution in [0.15, 0.2) is 18.2 Å². The zero-order valence-corrected chi connectivity index (χ0v) is 16.2. The molecule has 2 atom stereocenters. The maximum atomic E-state index is 13.0. The van der Waals surface area contributed by atoms with Crippen LogP contribution in [-0.2, 0) is 0 Å². The second-order valence-corrected chi connectivity index (χ2v) is 7.85. The van der Waals surface area contributed by atoms with Crippen LogP contribution in [0.25, 0.3) is 11.0 Å². The van der Waals surface area contributed by atoms with E-state index in [9.17, 15) is 9.90 Å². The van der Waals surface area contributed by atoms with Gasteiger partial charge in [0.15, 0.2) is 0 Å². The zero-order chi connectivity index (χ0) is 19.0. The van der Waals surface area contributed by atoms with Crippen molar-refractivity contribution in [3.63, 3.8) is 0 Å². The topological polar surface area (TPSA) is 69.6 Å². The standard InChI is InChI=1S/C21H28N4O2/c1-14-15(2)23-18-13-16(7-8-17(18)22-14)21(27)25-11-9-24(10-12-25)19-5-3-4-6-20(19)26/h7-8,13,19-20,26H,3-6,9-12H2,1-2H3/t19-,20-/m1/s1. The van der Waals surface area contributed by atoms with Crippen LogP contribution in [-0.4, -0.2) is 69.1 Å². The number of carbonyl (C=O) groups is 1. The second kappa shape index (κ2) is 7.52. The summed E-state index contributed by atoms with van der Waals surface area (Å²) in [7, 11) is 0. The van der Waals surface area contributed by atoms with Gasteiger partial charge in [-0.15, -0.1) is 0 Å². The molecule has 27 heavy (non-hydrogen) atoms. The van der Waals surface area contributed by atoms with Gasteiger partial charge in [0.05, 0.1) is 28.5 Å². The van der Waals surface area contributed by atoms with Gasteiger partial charge in [0.2, 0.25) is 0 Å². The van der Waals surface area contributed by atoms with Gasteiger partial charge in [-0.1, -0.05) is 12.8 Å². The van der Waals surface area contributed by atoms with Crippen molar-refractivity contribution in [2.75, 3.05) is 26.2 Å². The number of rotatable bonds is 2. The molecule has 1 aliphatic heterocycles. The number of amides is 1. The molecule has 6 nitrogen and oxygen atoms in total. The minimum absolute atomic E-state index is 0.0563. The molecule has 1 amide bonds. The van der Waals surface area contributed by atoms with Gasteiger partial charge in [0.25, 0.3) is 5.91 Å². The second-order valence-electron chi connectivity index (χ2n) is 7.85. The first-order valence-electron chi connectivity index (χ1n) is 9.99. The van der Waals surface area contributed by atoms with Crippen molar-refractivity contribution in [1.82, 2.24) is 19.8 Å². The first-order chi connectivity index (χ1) is 13.0. The highest BCUT2D eigenvalue weighted by atomic mass is 16.3. The lowest BCUT2D eigenvalue weighted by atomic mass is 9.91. The Labute approximate surface area is 160 Å². The molecule has 0 radical (unpaired) electrons. The number of aliphatic hydroxyl groups is 1. The third-order valence-corrected chi connectivity index (χ3v) is 6.09. The third kappa shape index (κ3) is 3.69. The average Bonchev–Trinajstić information content (AvgIpc) is 2.68. The maximum absolute atomic E-state index is 13.0. The van der Waals surface area contributed by atoms with Gasteiger partial charge in [-0.05, 0) is 44.9 Å². The average molecular weight is 368 g/mol. The Morgan fingerprint density at radius 2 is 1.67 bits per heavy atom. The minimum Gasteiger partial charge on any atom is -0.391 e. The van der Waals surface area contributed by atoms with E-state index in [2.05, 4.69) is 14.9 Å². The van der Waals surface area contributed by atoms with Crippen LogP contribution in [0.1, 0.15) is 47.4 Å². The van der Waals surface area contributed by atoms with E-state index >= 15 is 0 Å². The Morgan fingerprint density at radius 1 is 1.00 bits per heavy atom. The molecule has 1 aliphatic carbocycles. The van der Waals surface area contributed by atoms with Crippen LogP contribution >= 0.6 is 0 Å². The maximum Gasteiger partial charge on any atom is 0.254 e. The molecule has 144 valence electrons. The highest BCUT2D eigenvalue weighted by Crippen LogP contribution is 2.24. The number of aliphatic hydroxyl groups excluding tert-OH is 1. The van der Waals surface area contributed by atoms with Crippen LogP contribution in [0.3, 0.4) is 0 Å². The Morgan fingerprint density at radius 3 is 2.37 bits per heavy atom. The quantitative estimate of drug-likeness (QED) is 0.881. The SMILES string of the molecule is Cc1nc2ccc(C(=O)N3CCN([C@@H]4CCCC[C@H]4O)CC3)cc2nc1C. The summed E-state index contributed by atoms with van der Waals surface area (Å²) in [5, 5.41) is 10.3. The summed E-state index contributed by atoms with van der Waals surface area (Å²) in [5.41, 5.74) is 4.08. The van der Waals surface area contributed by atoms with Crippen LogP contribution in [0.5, 0.6) is 0 Å². The van der Waals surface area contributed by atoms with E-state index in [1.165, 1.54) is 6.42 Å². The minimum atomic E-state index is -0.216. The van der Waals surface area contributed by atoms with Gasteiger partial charge >= 0.3 is 0 Å². The van der Waals surface area contributed by atoms with E-state index in [-0.39, 0.29) is 18.1 Å². The Balaban J connectivity index is 1.44. The van der Waals surface area contributed by atoms with Crippen LogP contribution < -0.4 is 0 Å². The highest BCUT2D eigenvalue weighted by molar-refractivity contribution is 5.97. The fraction of sp³-hybridized carbons (Fsp3) is 0.571. The Bertz CT molecular complexity index is 845. The lowest BCUT2D eigenvalue weighted by Crippen LogP contribution is -2.55. The number of piperazine rings is 1. The summed E-state index contributed by atoms with van der Waals surface area (Å²) in [6.45, 7) is 6.97. The smallest absolute Gasteiger partial charge is 0.254 e. The molecular formula is C21H28N4O2. The number of nitrogens with zero attached hydrogens (tertiary/aromatic N) is 4. The number of fused-ring (bicyclic) bond motifs is 1. The van der Waals surface area contributed by atoms with Crippen molar-refractivity contribution in [2.45, 2.75) is 51.7 Å². The molecule has 6 heteroatoms. The van der Waals surface area contributed by atoms with Crippen molar-refractivity contribution < 1.29 is 9.90 Å². The van der Waals surface area contributed by atoms with Gasteiger partial charge in [-0.2, -0.15) is 0 Å². The van der Waals surface area contributed by atoms with Crippen molar-refractivity contribution in [1.29, 1.82) is 0 Å². The highest BCUT2D eigenvalue weighted by Gasteiger charge is 2.32. The molecule has 2 aromatic rings. The first-order valence-corrected chi connectivity index (χ1v) is 9.99. The van der Waals surface area contributed by atoms with E-state index in [1.807, 2.05) is 36.9 Å². The van der Waals surface area contributed by atoms with E-state index < -0.39 is 0 Å². The van der Waals surface area contributed by atoms with E-state index in [0.717, 1.165) is 54.8 Å². The molecule has 1 saturated heterocycles. The molecule has 2 fully saturated rings. The molecule has 0 unspecified atom stereocenters. The molecule has 1 N–H and O–H groups in total. The normalized spacial score (nSPS) is 24.3. The van der Waals surface area contributed by atoms with Crippen LogP contribution in [0.4, 0.5) is 0 Å². The summed E-state index contributed by atoms with van der Waals surface area (Å²) in [6.07, 6.45) is 4.07. The lowest BCUT2D eigenvalue weighted by Gasteiger charge is -2.42. The number of carbonyl (C=O) groups excluding carboxylic acids is 1. The molecule has 2 aliphatic rings. The van der Waals surface area contributed by atoms with Gasteiger partial charge < -0.3 is 10.0 Å². The fourth-order valence-corrected chi connectivity index (χ4v) is 4.32. The zero-order valence-electron chi connectivity index (χ0n) is 16.2. The molecule has 0 spiro atoms. The number of hydrogen-bond donors (Lipinski definition) is 1. The Hall–Kier alpha value is -2.05. The van der Waals surface area contributed by atoms with Crippen molar-refractivity contribution in [2.24, 2.45) is 0 Å². The molecular weight excluding hydrogens is 340 g/mol. The van der Waals surface area contributed by atoms with Crippen molar-refractivity contribution >= 4 is 16.9 Å². The van der Waals surface area contributed by atoms with Crippen LogP contribution in [0.2, 0.25) is 0 Å². The van der Waals surface area contributed by atoms with E-state index in [1.54, 1.807) is 0 Å². The van der Waals surface area contributed by atoms with Gasteiger partial charge in [-0.25, -0.2) is 9.97 Å². The van der Waals surface area contributed by atoms with Gasteiger partial charge in [0.1, 0.15) is 0 Å². The summed E-state index contributed by atoms with van der Waals surface area (Å²) < 4.78 is 0. The van der Waals surface area contributed by atoms with Gasteiger partial charge in [0, 0.05) is 37.8 Å². The van der Waals surface area contributed by atoms with E-state index in [4.69, 9.17) is 0 Å². The third-order valence-electron chi connectivity index (χ3n) is 6.09. The summed E-state index contributed by atoms with van der Waals surface area (Å²) in [6, 6.07) is 5.86. The van der Waals surface area contributed by atoms with E-state index in [0.29, 0.717) is 18.7 Å². The van der Waals surface area contributed by atoms with Crippen molar-refractivity contribution in [3.8, 4) is 0 Å². The predicted molar refractivity (Wildman–Crippen MR) is 105 cm³/mol. The summed E-state index contributed by atoms with van der Waals surface area (Å²) >= 11 is 0. The predicted octanol–water partition coefficient (Wildman–Crippen LogP) is 2.31. The number of aromatic nitrogens is 2. The number of aryl methyl sites for hydroxylation is 2. The number of benzene rings is 1. The Kier molecular flexibility index (Phi) is 5.10. The monoisotopic (exact) mass is 368 g/mol. The molecule has 2 heterocycles. The van der Waals surface area contributed by atoms with Crippen LogP contribution in [0, 0.1) is 13.8 Å². The number of hydrogen-bond acceptors (Lipinski definition) is 5. The molecule has 1 aromatic heterocycles. The summed E-state index contributed by atoms with van der Waals surface area (Å²) in [4.78, 5) is 26.4. The molecule has 4 rings (SSSR count). The lowest BCUT2D eigenvalue weighted by molar-refractivity contribution is -0.00172. The summed E-state index contributed by atoms with van der Waals surface area (Å²) in [5.74, 6) is 0.0563.